The normalized spacial score (nSPS) is 12.7. The van der Waals surface area contributed by atoms with Gasteiger partial charge in [0.1, 0.15) is 12.4 Å². The van der Waals surface area contributed by atoms with E-state index in [1.165, 1.54) is 12.4 Å². The molecule has 2 rings (SSSR count). The fourth-order valence-electron chi connectivity index (χ4n) is 1.89. The van der Waals surface area contributed by atoms with Crippen LogP contribution in [0.25, 0.3) is 0 Å². The average molecular weight is 281 g/mol. The van der Waals surface area contributed by atoms with E-state index in [-0.39, 0.29) is 18.5 Å². The van der Waals surface area contributed by atoms with Crippen molar-refractivity contribution in [3.8, 4) is 5.75 Å². The highest BCUT2D eigenvalue weighted by Gasteiger charge is 2.12. The van der Waals surface area contributed by atoms with Gasteiger partial charge >= 0.3 is 6.55 Å². The van der Waals surface area contributed by atoms with Gasteiger partial charge in [0.15, 0.2) is 5.82 Å². The molecule has 6 heteroatoms. The summed E-state index contributed by atoms with van der Waals surface area (Å²) >= 11 is 0. The van der Waals surface area contributed by atoms with E-state index < -0.39 is 6.55 Å². The number of alkyl halides is 2. The minimum atomic E-state index is -2.61. The van der Waals surface area contributed by atoms with Gasteiger partial charge in [-0.1, -0.05) is 12.1 Å². The monoisotopic (exact) mass is 281 g/mol. The highest BCUT2D eigenvalue weighted by atomic mass is 19.3. The third-order valence-electron chi connectivity index (χ3n) is 3.04. The van der Waals surface area contributed by atoms with Gasteiger partial charge in [-0.3, -0.25) is 4.57 Å². The molecule has 108 valence electrons. The molecule has 0 aliphatic heterocycles. The van der Waals surface area contributed by atoms with Crippen molar-refractivity contribution in [3.63, 3.8) is 0 Å². The summed E-state index contributed by atoms with van der Waals surface area (Å²) in [7, 11) is 0. The molecule has 0 saturated heterocycles. The van der Waals surface area contributed by atoms with Crippen LogP contribution in [0.15, 0.2) is 30.6 Å². The minimum absolute atomic E-state index is 0.00426. The van der Waals surface area contributed by atoms with Crippen molar-refractivity contribution in [2.75, 3.05) is 0 Å². The molecule has 0 saturated carbocycles. The second-order valence-electron chi connectivity index (χ2n) is 4.63. The number of rotatable bonds is 5. The van der Waals surface area contributed by atoms with Crippen molar-refractivity contribution in [1.29, 1.82) is 0 Å². The predicted octanol–water partition coefficient (Wildman–Crippen LogP) is 3.19. The Kier molecular flexibility index (Phi) is 4.34. The lowest BCUT2D eigenvalue weighted by Gasteiger charge is -2.13. The van der Waals surface area contributed by atoms with Crippen LogP contribution in [0.1, 0.15) is 36.5 Å². The van der Waals surface area contributed by atoms with Gasteiger partial charge in [-0.05, 0) is 31.0 Å². The number of ether oxygens (including phenoxy) is 1. The Morgan fingerprint density at radius 1 is 1.40 bits per heavy atom. The molecule has 1 aromatic heterocycles. The second-order valence-corrected chi connectivity index (χ2v) is 4.63. The Labute approximate surface area is 116 Å². The van der Waals surface area contributed by atoms with E-state index in [1.54, 1.807) is 6.07 Å². The Morgan fingerprint density at radius 3 is 2.75 bits per heavy atom. The number of halogens is 2. The lowest BCUT2D eigenvalue weighted by atomic mass is 10.1. The van der Waals surface area contributed by atoms with Crippen LogP contribution in [0.3, 0.4) is 0 Å². The summed E-state index contributed by atoms with van der Waals surface area (Å²) in [6.07, 6.45) is 2.56. The first-order valence-electron chi connectivity index (χ1n) is 6.28. The fraction of sp³-hybridized carbons (Fsp3) is 0.357. The number of imidazole rings is 1. The van der Waals surface area contributed by atoms with E-state index in [0.29, 0.717) is 5.75 Å². The number of benzene rings is 1. The standard InChI is InChI=1S/C14H17F2N3O/c1-9-7-11(10(2)17)3-4-12(9)20-8-13-18-5-6-19(13)14(15)16/h3-7,10,14H,8,17H2,1-2H3/t10-/m1/s1. The second kappa shape index (κ2) is 6.00. The Morgan fingerprint density at radius 2 is 2.15 bits per heavy atom. The molecule has 1 atom stereocenters. The molecule has 1 heterocycles. The van der Waals surface area contributed by atoms with Crippen LogP contribution >= 0.6 is 0 Å². The molecule has 0 spiro atoms. The largest absolute Gasteiger partial charge is 0.485 e. The first-order valence-corrected chi connectivity index (χ1v) is 6.28. The van der Waals surface area contributed by atoms with Crippen molar-refractivity contribution in [1.82, 2.24) is 9.55 Å². The van der Waals surface area contributed by atoms with Gasteiger partial charge in [0.25, 0.3) is 0 Å². The lowest BCUT2D eigenvalue weighted by Crippen LogP contribution is -2.08. The molecule has 4 nitrogen and oxygen atoms in total. The Balaban J connectivity index is 2.09. The maximum atomic E-state index is 12.7. The fourth-order valence-corrected chi connectivity index (χ4v) is 1.89. The van der Waals surface area contributed by atoms with E-state index in [4.69, 9.17) is 10.5 Å². The molecular formula is C14H17F2N3O. The van der Waals surface area contributed by atoms with Crippen molar-refractivity contribution >= 4 is 0 Å². The van der Waals surface area contributed by atoms with E-state index in [0.717, 1.165) is 15.7 Å². The molecule has 0 aliphatic carbocycles. The molecule has 0 radical (unpaired) electrons. The number of aryl methyl sites for hydroxylation is 1. The number of hydrogen-bond acceptors (Lipinski definition) is 3. The Bertz CT molecular complexity index is 582. The molecule has 0 unspecified atom stereocenters. The van der Waals surface area contributed by atoms with Gasteiger partial charge in [-0.25, -0.2) is 4.98 Å². The maximum Gasteiger partial charge on any atom is 0.320 e. The lowest BCUT2D eigenvalue weighted by molar-refractivity contribution is 0.0632. The topological polar surface area (TPSA) is 53.1 Å². The third kappa shape index (κ3) is 3.14. The smallest absolute Gasteiger partial charge is 0.320 e. The van der Waals surface area contributed by atoms with Crippen LogP contribution in [0.2, 0.25) is 0 Å². The van der Waals surface area contributed by atoms with Crippen molar-refractivity contribution in [2.45, 2.75) is 33.0 Å². The van der Waals surface area contributed by atoms with E-state index in [9.17, 15) is 8.78 Å². The average Bonchev–Trinajstić information content (AvgIpc) is 2.85. The van der Waals surface area contributed by atoms with Crippen molar-refractivity contribution < 1.29 is 13.5 Å². The maximum absolute atomic E-state index is 12.7. The zero-order chi connectivity index (χ0) is 14.7. The van der Waals surface area contributed by atoms with Crippen LogP contribution in [0.4, 0.5) is 8.78 Å². The molecular weight excluding hydrogens is 264 g/mol. The Hall–Kier alpha value is -1.95. The minimum Gasteiger partial charge on any atom is -0.485 e. The molecule has 0 bridgehead atoms. The van der Waals surface area contributed by atoms with Crippen LogP contribution in [-0.2, 0) is 6.61 Å². The molecule has 0 aliphatic rings. The van der Waals surface area contributed by atoms with Gasteiger partial charge in [-0.2, -0.15) is 8.78 Å². The summed E-state index contributed by atoms with van der Waals surface area (Å²) in [5, 5.41) is 0. The van der Waals surface area contributed by atoms with Crippen molar-refractivity contribution in [2.24, 2.45) is 5.73 Å². The molecule has 1 aromatic carbocycles. The summed E-state index contributed by atoms with van der Waals surface area (Å²) in [5.74, 6) is 0.828. The number of nitrogens with two attached hydrogens (primary N) is 1. The first kappa shape index (κ1) is 14.5. The van der Waals surface area contributed by atoms with Crippen LogP contribution in [-0.4, -0.2) is 9.55 Å². The predicted molar refractivity (Wildman–Crippen MR) is 71.6 cm³/mol. The SMILES string of the molecule is Cc1cc([C@@H](C)N)ccc1OCc1nccn1C(F)F. The molecule has 0 fully saturated rings. The highest BCUT2D eigenvalue weighted by Crippen LogP contribution is 2.23. The summed E-state index contributed by atoms with van der Waals surface area (Å²) < 4.78 is 31.7. The van der Waals surface area contributed by atoms with Gasteiger partial charge in [-0.15, -0.1) is 0 Å². The van der Waals surface area contributed by atoms with Crippen molar-refractivity contribution in [3.05, 3.63) is 47.5 Å². The summed E-state index contributed by atoms with van der Waals surface area (Å²) in [4.78, 5) is 3.87. The van der Waals surface area contributed by atoms with Gasteiger partial charge in [0.05, 0.1) is 0 Å². The summed E-state index contributed by atoms with van der Waals surface area (Å²) in [6.45, 7) is 1.17. The van der Waals surface area contributed by atoms with Gasteiger partial charge in [0, 0.05) is 18.4 Å². The molecule has 2 aromatic rings. The van der Waals surface area contributed by atoms with E-state index >= 15 is 0 Å². The van der Waals surface area contributed by atoms with Crippen LogP contribution in [0, 0.1) is 6.92 Å². The molecule has 2 N–H and O–H groups in total. The van der Waals surface area contributed by atoms with E-state index in [1.807, 2.05) is 26.0 Å². The first-order chi connectivity index (χ1) is 9.49. The number of aromatic nitrogens is 2. The van der Waals surface area contributed by atoms with Crippen LogP contribution < -0.4 is 10.5 Å². The molecule has 20 heavy (non-hydrogen) atoms. The zero-order valence-electron chi connectivity index (χ0n) is 11.4. The van der Waals surface area contributed by atoms with Gasteiger partial charge < -0.3 is 10.5 Å². The van der Waals surface area contributed by atoms with E-state index in [2.05, 4.69) is 4.98 Å². The summed E-state index contributed by atoms with van der Waals surface area (Å²) in [6, 6.07) is 5.54. The number of hydrogen-bond donors (Lipinski definition) is 1. The highest BCUT2D eigenvalue weighted by molar-refractivity contribution is 5.37. The summed E-state index contributed by atoms with van der Waals surface area (Å²) in [5.41, 5.74) is 7.72. The van der Waals surface area contributed by atoms with Gasteiger partial charge in [0.2, 0.25) is 0 Å². The number of nitrogens with zero attached hydrogens (tertiary/aromatic N) is 2. The zero-order valence-corrected chi connectivity index (χ0v) is 11.4. The third-order valence-corrected chi connectivity index (χ3v) is 3.04. The molecule has 0 amide bonds. The quantitative estimate of drug-likeness (QED) is 0.915. The van der Waals surface area contributed by atoms with Crippen LogP contribution in [0.5, 0.6) is 5.75 Å².